The molecule has 5 heteroatoms. The van der Waals surface area contributed by atoms with Crippen LogP contribution < -0.4 is 5.32 Å². The first kappa shape index (κ1) is 12.6. The van der Waals surface area contributed by atoms with Gasteiger partial charge in [0.25, 0.3) is 0 Å². The molecule has 16 heavy (non-hydrogen) atoms. The highest BCUT2D eigenvalue weighted by atomic mass is 35.5. The first-order valence-electron chi connectivity index (χ1n) is 4.60. The quantitative estimate of drug-likeness (QED) is 0.617. The number of nitrogens with one attached hydrogen (secondary N) is 2. The zero-order chi connectivity index (χ0) is 12.1. The van der Waals surface area contributed by atoms with Crippen LogP contribution in [0.25, 0.3) is 0 Å². The zero-order valence-corrected chi connectivity index (χ0v) is 9.35. The van der Waals surface area contributed by atoms with Crippen LogP contribution in [0.3, 0.4) is 0 Å². The van der Waals surface area contributed by atoms with Gasteiger partial charge in [-0.3, -0.25) is 0 Å². The third-order valence-electron chi connectivity index (χ3n) is 1.95. The molecule has 0 saturated heterocycles. The van der Waals surface area contributed by atoms with Crippen LogP contribution in [-0.2, 0) is 0 Å². The highest BCUT2D eigenvalue weighted by Gasteiger charge is 2.04. The molecule has 0 bridgehead atoms. The SMILES string of the molecule is CC(Cl)/C(C=N)=C/Nc1ccc(F)cc1F. The maximum atomic E-state index is 13.2. The minimum Gasteiger partial charge on any atom is -0.359 e. The summed E-state index contributed by atoms with van der Waals surface area (Å²) in [5, 5.41) is 9.35. The lowest BCUT2D eigenvalue weighted by Gasteiger charge is -2.06. The van der Waals surface area contributed by atoms with Gasteiger partial charge in [-0.25, -0.2) is 8.78 Å². The molecule has 1 rings (SSSR count). The van der Waals surface area contributed by atoms with Crippen molar-refractivity contribution in [2.24, 2.45) is 0 Å². The van der Waals surface area contributed by atoms with Gasteiger partial charge in [-0.15, -0.1) is 11.6 Å². The largest absolute Gasteiger partial charge is 0.359 e. The molecule has 2 nitrogen and oxygen atoms in total. The van der Waals surface area contributed by atoms with E-state index in [9.17, 15) is 8.78 Å². The zero-order valence-electron chi connectivity index (χ0n) is 8.60. The van der Waals surface area contributed by atoms with Crippen LogP contribution in [0.15, 0.2) is 30.0 Å². The predicted octanol–water partition coefficient (Wildman–Crippen LogP) is 3.54. The second-order valence-electron chi connectivity index (χ2n) is 3.17. The van der Waals surface area contributed by atoms with Crippen molar-refractivity contribution in [3.05, 3.63) is 41.6 Å². The van der Waals surface area contributed by atoms with Crippen molar-refractivity contribution in [3.8, 4) is 0 Å². The maximum absolute atomic E-state index is 13.2. The molecule has 0 aliphatic rings. The number of alkyl halides is 1. The van der Waals surface area contributed by atoms with Crippen molar-refractivity contribution < 1.29 is 8.78 Å². The summed E-state index contributed by atoms with van der Waals surface area (Å²) in [4.78, 5) is 0. The van der Waals surface area contributed by atoms with Gasteiger partial charge in [0.2, 0.25) is 0 Å². The molecular weight excluding hydrogens is 234 g/mol. The Bertz CT molecular complexity index is 416. The van der Waals surface area contributed by atoms with E-state index in [2.05, 4.69) is 5.32 Å². The van der Waals surface area contributed by atoms with E-state index in [0.29, 0.717) is 5.57 Å². The van der Waals surface area contributed by atoms with Crippen molar-refractivity contribution in [1.82, 2.24) is 0 Å². The average molecular weight is 245 g/mol. The van der Waals surface area contributed by atoms with Gasteiger partial charge in [0, 0.05) is 24.1 Å². The molecule has 1 atom stereocenters. The Hall–Kier alpha value is -1.42. The van der Waals surface area contributed by atoms with E-state index in [-0.39, 0.29) is 11.1 Å². The fourth-order valence-electron chi connectivity index (χ4n) is 1.04. The smallest absolute Gasteiger partial charge is 0.149 e. The molecular formula is C11H11ClF2N2. The number of hydrogen-bond acceptors (Lipinski definition) is 2. The number of hydrogen-bond donors (Lipinski definition) is 2. The Morgan fingerprint density at radius 1 is 1.50 bits per heavy atom. The lowest BCUT2D eigenvalue weighted by atomic mass is 10.2. The molecule has 1 aromatic rings. The molecule has 86 valence electrons. The third-order valence-corrected chi connectivity index (χ3v) is 2.20. The van der Waals surface area contributed by atoms with Crippen LogP contribution in [0.4, 0.5) is 14.5 Å². The van der Waals surface area contributed by atoms with Gasteiger partial charge in [-0.05, 0) is 19.1 Å². The van der Waals surface area contributed by atoms with Crippen LogP contribution in [0.1, 0.15) is 6.92 Å². The van der Waals surface area contributed by atoms with E-state index in [1.54, 1.807) is 6.92 Å². The van der Waals surface area contributed by atoms with E-state index in [4.69, 9.17) is 17.0 Å². The Labute approximate surface area is 97.4 Å². The van der Waals surface area contributed by atoms with E-state index in [1.165, 1.54) is 12.3 Å². The molecule has 1 unspecified atom stereocenters. The lowest BCUT2D eigenvalue weighted by Crippen LogP contribution is -2.02. The number of anilines is 1. The molecule has 0 saturated carbocycles. The van der Waals surface area contributed by atoms with Crippen molar-refractivity contribution in [2.75, 3.05) is 5.32 Å². The maximum Gasteiger partial charge on any atom is 0.149 e. The molecule has 0 radical (unpaired) electrons. The Morgan fingerprint density at radius 3 is 2.69 bits per heavy atom. The van der Waals surface area contributed by atoms with Gasteiger partial charge in [0.1, 0.15) is 11.6 Å². The summed E-state index contributed by atoms with van der Waals surface area (Å²) < 4.78 is 25.8. The third kappa shape index (κ3) is 3.31. The second kappa shape index (κ2) is 5.61. The van der Waals surface area contributed by atoms with Gasteiger partial charge < -0.3 is 10.7 Å². The molecule has 1 aromatic carbocycles. The van der Waals surface area contributed by atoms with Crippen LogP contribution in [0.5, 0.6) is 0 Å². The Kier molecular flexibility index (Phi) is 4.43. The van der Waals surface area contributed by atoms with Gasteiger partial charge >= 0.3 is 0 Å². The minimum absolute atomic E-state index is 0.137. The highest BCUT2D eigenvalue weighted by molar-refractivity contribution is 6.24. The minimum atomic E-state index is -0.692. The normalized spacial score (nSPS) is 13.4. The average Bonchev–Trinajstić information content (AvgIpc) is 2.21. The van der Waals surface area contributed by atoms with Crippen molar-refractivity contribution in [2.45, 2.75) is 12.3 Å². The number of allylic oxidation sites excluding steroid dienone is 1. The van der Waals surface area contributed by atoms with Crippen LogP contribution >= 0.6 is 11.6 Å². The van der Waals surface area contributed by atoms with Crippen LogP contribution in [-0.4, -0.2) is 11.6 Å². The summed E-state index contributed by atoms with van der Waals surface area (Å²) in [5.41, 5.74) is 0.642. The summed E-state index contributed by atoms with van der Waals surface area (Å²) in [6, 6.07) is 3.21. The lowest BCUT2D eigenvalue weighted by molar-refractivity contribution is 0.586. The van der Waals surface area contributed by atoms with Gasteiger partial charge in [0.05, 0.1) is 11.1 Å². The standard InChI is InChI=1S/C11H11ClF2N2/c1-7(12)8(5-15)6-16-11-3-2-9(13)4-10(11)14/h2-7,15-16H,1H3/b8-6+,15-5?. The van der Waals surface area contributed by atoms with Gasteiger partial charge in [0.15, 0.2) is 0 Å². The number of benzene rings is 1. The predicted molar refractivity (Wildman–Crippen MR) is 62.2 cm³/mol. The van der Waals surface area contributed by atoms with Crippen molar-refractivity contribution in [1.29, 1.82) is 5.41 Å². The fraction of sp³-hybridized carbons (Fsp3) is 0.182. The summed E-state index contributed by atoms with van der Waals surface area (Å²) in [7, 11) is 0. The van der Waals surface area contributed by atoms with Crippen LogP contribution in [0.2, 0.25) is 0 Å². The van der Waals surface area contributed by atoms with E-state index < -0.39 is 11.6 Å². The number of rotatable bonds is 4. The molecule has 2 N–H and O–H groups in total. The van der Waals surface area contributed by atoms with Crippen molar-refractivity contribution >= 4 is 23.5 Å². The molecule has 0 fully saturated rings. The molecule has 0 aliphatic carbocycles. The molecule has 0 aromatic heterocycles. The van der Waals surface area contributed by atoms with Crippen molar-refractivity contribution in [3.63, 3.8) is 0 Å². The highest BCUT2D eigenvalue weighted by Crippen LogP contribution is 2.16. The summed E-state index contributed by atoms with van der Waals surface area (Å²) in [5.74, 6) is -1.33. The molecule has 0 amide bonds. The molecule has 0 heterocycles. The first-order chi connectivity index (χ1) is 7.54. The summed E-state index contributed by atoms with van der Waals surface area (Å²) in [6.45, 7) is 1.70. The number of halogens is 3. The van der Waals surface area contributed by atoms with E-state index in [0.717, 1.165) is 18.3 Å². The van der Waals surface area contributed by atoms with Gasteiger partial charge in [-0.2, -0.15) is 0 Å². The Balaban J connectivity index is 2.85. The first-order valence-corrected chi connectivity index (χ1v) is 5.04. The summed E-state index contributed by atoms with van der Waals surface area (Å²) in [6.07, 6.45) is 2.49. The summed E-state index contributed by atoms with van der Waals surface area (Å²) >= 11 is 5.76. The molecule has 0 aliphatic heterocycles. The topological polar surface area (TPSA) is 35.9 Å². The van der Waals surface area contributed by atoms with Gasteiger partial charge in [-0.1, -0.05) is 0 Å². The second-order valence-corrected chi connectivity index (χ2v) is 3.83. The van der Waals surface area contributed by atoms with Crippen LogP contribution in [0, 0.1) is 17.0 Å². The molecule has 0 spiro atoms. The monoisotopic (exact) mass is 244 g/mol. The fourth-order valence-corrected chi connectivity index (χ4v) is 1.16. The van der Waals surface area contributed by atoms with E-state index in [1.807, 2.05) is 0 Å². The van der Waals surface area contributed by atoms with E-state index >= 15 is 0 Å². The Morgan fingerprint density at radius 2 is 2.19 bits per heavy atom.